The zero-order valence-electron chi connectivity index (χ0n) is 6.94. The molecule has 0 aliphatic heterocycles. The first kappa shape index (κ1) is 7.33. The number of pyridine rings is 1. The average Bonchev–Trinajstić information content (AvgIpc) is 2.87. The molecule has 0 radical (unpaired) electrons. The Morgan fingerprint density at radius 3 is 2.92 bits per heavy atom. The van der Waals surface area contributed by atoms with Gasteiger partial charge in [-0.2, -0.15) is 0 Å². The summed E-state index contributed by atoms with van der Waals surface area (Å²) in [5, 5.41) is 4.97. The number of nitrogens with zero attached hydrogens (tertiary/aromatic N) is 3. The van der Waals surface area contributed by atoms with E-state index in [-0.39, 0.29) is 0 Å². The minimum absolute atomic E-state index is 0.580. The summed E-state index contributed by atoms with van der Waals surface area (Å²) in [6.07, 6.45) is 2.43. The maximum absolute atomic E-state index is 5.96. The van der Waals surface area contributed by atoms with E-state index in [0.29, 0.717) is 11.1 Å². The van der Waals surface area contributed by atoms with E-state index in [0.717, 1.165) is 11.5 Å². The molecule has 3 rings (SSSR count). The van der Waals surface area contributed by atoms with E-state index in [9.17, 15) is 0 Å². The van der Waals surface area contributed by atoms with Crippen molar-refractivity contribution in [3.8, 4) is 0 Å². The summed E-state index contributed by atoms with van der Waals surface area (Å²) in [5.74, 6) is 1.52. The van der Waals surface area contributed by atoms with Crippen LogP contribution in [-0.2, 0) is 0 Å². The lowest BCUT2D eigenvalue weighted by Crippen LogP contribution is -1.88. The first-order valence-electron chi connectivity index (χ1n) is 4.36. The highest BCUT2D eigenvalue weighted by atomic mass is 35.5. The molecule has 66 valence electrons. The third-order valence-electron chi connectivity index (χ3n) is 2.27. The molecule has 1 aliphatic carbocycles. The number of halogens is 1. The van der Waals surface area contributed by atoms with Crippen LogP contribution in [0.15, 0.2) is 18.2 Å². The molecule has 1 fully saturated rings. The van der Waals surface area contributed by atoms with Gasteiger partial charge >= 0.3 is 0 Å². The van der Waals surface area contributed by atoms with Crippen molar-refractivity contribution >= 4 is 17.2 Å². The normalized spacial score (nSPS) is 16.7. The predicted octanol–water partition coefficient (Wildman–Crippen LogP) is 2.26. The van der Waals surface area contributed by atoms with Gasteiger partial charge in [0.2, 0.25) is 0 Å². The summed E-state index contributed by atoms with van der Waals surface area (Å²) in [5.41, 5.74) is 0.842. The Hall–Kier alpha value is -1.09. The maximum atomic E-state index is 5.96. The first-order valence-corrected chi connectivity index (χ1v) is 4.73. The van der Waals surface area contributed by atoms with Crippen molar-refractivity contribution in [3.05, 3.63) is 29.2 Å². The lowest BCUT2D eigenvalue weighted by atomic mass is 10.4. The van der Waals surface area contributed by atoms with Gasteiger partial charge in [0.1, 0.15) is 5.15 Å². The van der Waals surface area contributed by atoms with Gasteiger partial charge in [-0.25, -0.2) is 9.50 Å². The summed E-state index contributed by atoms with van der Waals surface area (Å²) < 4.78 is 1.69. The highest BCUT2D eigenvalue weighted by molar-refractivity contribution is 6.29. The summed E-state index contributed by atoms with van der Waals surface area (Å²) in [4.78, 5) is 4.40. The molecule has 3 nitrogen and oxygen atoms in total. The second-order valence-corrected chi connectivity index (χ2v) is 3.75. The van der Waals surface area contributed by atoms with Crippen LogP contribution in [0.5, 0.6) is 0 Å². The fraction of sp³-hybridized carbons (Fsp3) is 0.333. The van der Waals surface area contributed by atoms with Crippen LogP contribution in [0, 0.1) is 0 Å². The molecule has 2 heterocycles. The molecule has 0 unspecified atom stereocenters. The largest absolute Gasteiger partial charge is 0.212 e. The molecule has 1 aliphatic rings. The zero-order chi connectivity index (χ0) is 8.84. The van der Waals surface area contributed by atoms with Crippen LogP contribution >= 0.6 is 11.6 Å². The molecule has 0 N–H and O–H groups in total. The smallest absolute Gasteiger partial charge is 0.157 e. The molecule has 13 heavy (non-hydrogen) atoms. The highest BCUT2D eigenvalue weighted by Gasteiger charge is 2.28. The lowest BCUT2D eigenvalue weighted by Gasteiger charge is -1.91. The van der Waals surface area contributed by atoms with Gasteiger partial charge in [0.15, 0.2) is 11.5 Å². The van der Waals surface area contributed by atoms with Gasteiger partial charge < -0.3 is 0 Å². The SMILES string of the molecule is Clc1cccc2nc(C3CC3)nn12. The Kier molecular flexibility index (Phi) is 1.38. The van der Waals surface area contributed by atoms with Gasteiger partial charge in [-0.05, 0) is 25.0 Å². The first-order chi connectivity index (χ1) is 6.34. The van der Waals surface area contributed by atoms with Crippen molar-refractivity contribution in [2.75, 3.05) is 0 Å². The number of aromatic nitrogens is 3. The van der Waals surface area contributed by atoms with Crippen LogP contribution in [0.1, 0.15) is 24.6 Å². The van der Waals surface area contributed by atoms with Crippen molar-refractivity contribution in [1.29, 1.82) is 0 Å². The Morgan fingerprint density at radius 1 is 1.38 bits per heavy atom. The molecule has 0 amide bonds. The number of fused-ring (bicyclic) bond motifs is 1. The van der Waals surface area contributed by atoms with E-state index in [2.05, 4.69) is 10.1 Å². The van der Waals surface area contributed by atoms with E-state index >= 15 is 0 Å². The molecule has 2 aromatic heterocycles. The van der Waals surface area contributed by atoms with E-state index in [1.54, 1.807) is 4.52 Å². The fourth-order valence-electron chi connectivity index (χ4n) is 1.40. The van der Waals surface area contributed by atoms with E-state index < -0.39 is 0 Å². The predicted molar refractivity (Wildman–Crippen MR) is 50.0 cm³/mol. The topological polar surface area (TPSA) is 30.2 Å². The average molecular weight is 194 g/mol. The van der Waals surface area contributed by atoms with Crippen LogP contribution < -0.4 is 0 Å². The molecule has 0 aromatic carbocycles. The third-order valence-corrected chi connectivity index (χ3v) is 2.56. The molecule has 1 saturated carbocycles. The number of rotatable bonds is 1. The van der Waals surface area contributed by atoms with Crippen LogP contribution in [-0.4, -0.2) is 14.6 Å². The van der Waals surface area contributed by atoms with E-state index in [1.165, 1.54) is 12.8 Å². The summed E-state index contributed by atoms with van der Waals surface area (Å²) >= 11 is 5.96. The Morgan fingerprint density at radius 2 is 2.23 bits per heavy atom. The quantitative estimate of drug-likeness (QED) is 0.651. The molecule has 0 saturated heterocycles. The van der Waals surface area contributed by atoms with Gasteiger partial charge in [-0.3, -0.25) is 0 Å². The standard InChI is InChI=1S/C9H8ClN3/c10-7-2-1-3-8-11-9(6-4-5-6)12-13(7)8/h1-3,6H,4-5H2. The summed E-state index contributed by atoms with van der Waals surface area (Å²) in [6.45, 7) is 0. The molecule has 0 bridgehead atoms. The van der Waals surface area contributed by atoms with Crippen molar-refractivity contribution in [2.24, 2.45) is 0 Å². The summed E-state index contributed by atoms with van der Waals surface area (Å²) in [7, 11) is 0. The Bertz CT molecular complexity index is 459. The maximum Gasteiger partial charge on any atom is 0.157 e. The monoisotopic (exact) mass is 193 g/mol. The minimum Gasteiger partial charge on any atom is -0.212 e. The Balaban J connectivity index is 2.26. The highest BCUT2D eigenvalue weighted by Crippen LogP contribution is 2.38. The molecular weight excluding hydrogens is 186 g/mol. The molecule has 2 aromatic rings. The van der Waals surface area contributed by atoms with Gasteiger partial charge in [0.05, 0.1) is 0 Å². The second-order valence-electron chi connectivity index (χ2n) is 3.36. The molecule has 0 spiro atoms. The zero-order valence-corrected chi connectivity index (χ0v) is 7.70. The van der Waals surface area contributed by atoms with Crippen molar-refractivity contribution < 1.29 is 0 Å². The molecule has 0 atom stereocenters. The van der Waals surface area contributed by atoms with Gasteiger partial charge in [-0.15, -0.1) is 5.10 Å². The van der Waals surface area contributed by atoms with Gasteiger partial charge in [-0.1, -0.05) is 17.7 Å². The van der Waals surface area contributed by atoms with E-state index in [4.69, 9.17) is 11.6 Å². The minimum atomic E-state index is 0.580. The van der Waals surface area contributed by atoms with Gasteiger partial charge in [0.25, 0.3) is 0 Å². The molecular formula is C9H8ClN3. The van der Waals surface area contributed by atoms with Crippen LogP contribution in [0.2, 0.25) is 5.15 Å². The van der Waals surface area contributed by atoms with Crippen molar-refractivity contribution in [2.45, 2.75) is 18.8 Å². The number of hydrogen-bond acceptors (Lipinski definition) is 2. The number of hydrogen-bond donors (Lipinski definition) is 0. The Labute approximate surface area is 80.3 Å². The van der Waals surface area contributed by atoms with Gasteiger partial charge in [0, 0.05) is 5.92 Å². The van der Waals surface area contributed by atoms with Crippen molar-refractivity contribution in [3.63, 3.8) is 0 Å². The van der Waals surface area contributed by atoms with E-state index in [1.807, 2.05) is 18.2 Å². The lowest BCUT2D eigenvalue weighted by molar-refractivity contribution is 0.878. The van der Waals surface area contributed by atoms with Crippen LogP contribution in [0.4, 0.5) is 0 Å². The third kappa shape index (κ3) is 1.11. The van der Waals surface area contributed by atoms with Crippen LogP contribution in [0.25, 0.3) is 5.65 Å². The summed E-state index contributed by atoms with van der Waals surface area (Å²) in [6, 6.07) is 5.63. The second kappa shape index (κ2) is 2.45. The molecule has 4 heteroatoms. The van der Waals surface area contributed by atoms with Crippen LogP contribution in [0.3, 0.4) is 0 Å². The van der Waals surface area contributed by atoms with Crippen molar-refractivity contribution in [1.82, 2.24) is 14.6 Å². The fourth-order valence-corrected chi connectivity index (χ4v) is 1.60.